The molecule has 0 radical (unpaired) electrons. The van der Waals surface area contributed by atoms with Crippen molar-refractivity contribution in [3.8, 4) is 0 Å². The standard InChI is InChI=1S/C5H5.3C4H9.Pt/c1-2-4-5-3-1;3*1-3-4-2;/h1-5H;3*3H,4H2,1-2H3;/q4*-1;+4. The first-order valence-electron chi connectivity index (χ1n) is 6.74. The van der Waals surface area contributed by atoms with Crippen LogP contribution in [0.25, 0.3) is 0 Å². The average Bonchev–Trinajstić information content (AvgIpc) is 2.98. The first-order chi connectivity index (χ1) is 8.24. The second-order valence-electron chi connectivity index (χ2n) is 3.41. The largest absolute Gasteiger partial charge is 4.00 e. The van der Waals surface area contributed by atoms with Crippen LogP contribution in [0.5, 0.6) is 0 Å². The van der Waals surface area contributed by atoms with E-state index in [0.717, 1.165) is 0 Å². The SMILES string of the molecule is C[CH-]CC.C[CH-]CC.C[CH-]CC.[Pt+4].c1cc[cH-]c1. The molecule has 0 amide bonds. The molecule has 0 nitrogen and oxygen atoms in total. The molecule has 0 aromatic heterocycles. The molecule has 0 N–H and O–H groups in total. The van der Waals surface area contributed by atoms with Gasteiger partial charge in [-0.25, -0.2) is 12.1 Å². The fraction of sp³-hybridized carbons (Fsp3) is 0.529. The topological polar surface area (TPSA) is 0 Å². The number of rotatable bonds is 3. The number of hydrogen-bond acceptors (Lipinski definition) is 0. The molecule has 0 saturated carbocycles. The fourth-order valence-electron chi connectivity index (χ4n) is 0.321. The minimum absolute atomic E-state index is 0. The monoisotopic (exact) mass is 431 g/mol. The number of hydrogen-bond donors (Lipinski definition) is 0. The van der Waals surface area contributed by atoms with Gasteiger partial charge in [0.2, 0.25) is 0 Å². The Bertz CT molecular complexity index is 112. The van der Waals surface area contributed by atoms with Gasteiger partial charge >= 0.3 is 21.1 Å². The normalized spacial score (nSPS) is 7.22. The molecule has 1 aromatic carbocycles. The van der Waals surface area contributed by atoms with Crippen molar-refractivity contribution in [1.82, 2.24) is 0 Å². The van der Waals surface area contributed by atoms with Gasteiger partial charge in [0.05, 0.1) is 0 Å². The van der Waals surface area contributed by atoms with Crippen molar-refractivity contribution in [1.29, 1.82) is 0 Å². The molecular weight excluding hydrogens is 399 g/mol. The summed E-state index contributed by atoms with van der Waals surface area (Å²) in [5, 5.41) is 0. The van der Waals surface area contributed by atoms with E-state index in [1.807, 2.05) is 30.3 Å². The van der Waals surface area contributed by atoms with Crippen molar-refractivity contribution in [3.05, 3.63) is 49.6 Å². The van der Waals surface area contributed by atoms with Gasteiger partial charge in [0.15, 0.2) is 0 Å². The molecule has 0 unspecified atom stereocenters. The van der Waals surface area contributed by atoms with E-state index in [1.165, 1.54) is 19.3 Å². The van der Waals surface area contributed by atoms with Gasteiger partial charge in [-0.1, -0.05) is 20.8 Å². The van der Waals surface area contributed by atoms with Gasteiger partial charge in [0, 0.05) is 0 Å². The molecule has 1 rings (SSSR count). The van der Waals surface area contributed by atoms with E-state index >= 15 is 0 Å². The molecule has 1 heteroatoms. The van der Waals surface area contributed by atoms with Gasteiger partial charge in [-0.15, -0.1) is 0 Å². The molecule has 0 aliphatic rings. The third-order valence-electron chi connectivity index (χ3n) is 1.78. The summed E-state index contributed by atoms with van der Waals surface area (Å²) in [4.78, 5) is 0. The van der Waals surface area contributed by atoms with Crippen molar-refractivity contribution in [2.75, 3.05) is 0 Å². The first-order valence-corrected chi connectivity index (χ1v) is 6.74. The van der Waals surface area contributed by atoms with Crippen molar-refractivity contribution < 1.29 is 21.1 Å². The fourth-order valence-corrected chi connectivity index (χ4v) is 0.321. The zero-order chi connectivity index (χ0) is 13.8. The first kappa shape index (κ1) is 26.6. The van der Waals surface area contributed by atoms with Crippen molar-refractivity contribution in [2.45, 2.75) is 60.8 Å². The van der Waals surface area contributed by atoms with Crippen LogP contribution in [0.2, 0.25) is 0 Å². The van der Waals surface area contributed by atoms with Crippen LogP contribution in [0.1, 0.15) is 60.8 Å². The zero-order valence-electron chi connectivity index (χ0n) is 13.1. The van der Waals surface area contributed by atoms with Crippen molar-refractivity contribution >= 4 is 0 Å². The Morgan fingerprint density at radius 1 is 0.722 bits per heavy atom. The van der Waals surface area contributed by atoms with E-state index in [1.54, 1.807) is 0 Å². The van der Waals surface area contributed by atoms with Crippen LogP contribution in [-0.4, -0.2) is 0 Å². The molecular formula is C17H32Pt. The smallest absolute Gasteiger partial charge is 0.332 e. The molecule has 0 heterocycles. The molecule has 0 bridgehead atoms. The summed E-state index contributed by atoms with van der Waals surface area (Å²) < 4.78 is 0. The maximum absolute atomic E-state index is 2.12. The molecule has 0 saturated heterocycles. The van der Waals surface area contributed by atoms with E-state index in [0.29, 0.717) is 0 Å². The van der Waals surface area contributed by atoms with Crippen LogP contribution in [0.15, 0.2) is 30.3 Å². The van der Waals surface area contributed by atoms with Crippen LogP contribution >= 0.6 is 0 Å². The summed E-state index contributed by atoms with van der Waals surface area (Å²) in [7, 11) is 0. The van der Waals surface area contributed by atoms with Gasteiger partial charge in [0.1, 0.15) is 0 Å². The minimum atomic E-state index is 0. The van der Waals surface area contributed by atoms with Crippen LogP contribution in [0.3, 0.4) is 0 Å². The van der Waals surface area contributed by atoms with E-state index in [4.69, 9.17) is 0 Å². The van der Waals surface area contributed by atoms with Crippen LogP contribution < -0.4 is 0 Å². The van der Waals surface area contributed by atoms with E-state index in [-0.39, 0.29) is 21.1 Å². The number of unbranched alkanes of at least 4 members (excludes halogenated alkanes) is 3. The molecule has 0 atom stereocenters. The Kier molecular flexibility index (Phi) is 53.1. The Hall–Kier alpha value is 0.0383. The average molecular weight is 432 g/mol. The molecule has 0 spiro atoms. The predicted molar refractivity (Wildman–Crippen MR) is 82.8 cm³/mol. The summed E-state index contributed by atoms with van der Waals surface area (Å²) in [5.74, 6) is 0. The Labute approximate surface area is 131 Å². The molecule has 0 fully saturated rings. The zero-order valence-corrected chi connectivity index (χ0v) is 15.3. The van der Waals surface area contributed by atoms with Crippen LogP contribution in [0, 0.1) is 19.3 Å². The molecule has 0 aliphatic heterocycles. The van der Waals surface area contributed by atoms with Crippen molar-refractivity contribution in [3.63, 3.8) is 0 Å². The van der Waals surface area contributed by atoms with Gasteiger partial charge in [0.25, 0.3) is 0 Å². The summed E-state index contributed by atoms with van der Waals surface area (Å²) in [6.45, 7) is 12.5. The third kappa shape index (κ3) is 56.1. The van der Waals surface area contributed by atoms with Crippen molar-refractivity contribution in [2.24, 2.45) is 0 Å². The van der Waals surface area contributed by atoms with Crippen LogP contribution in [0.4, 0.5) is 0 Å². The summed E-state index contributed by atoms with van der Waals surface area (Å²) in [5.41, 5.74) is 0. The summed E-state index contributed by atoms with van der Waals surface area (Å²) in [6, 6.07) is 10.0. The minimum Gasteiger partial charge on any atom is -0.332 e. The third-order valence-corrected chi connectivity index (χ3v) is 1.78. The molecule has 18 heavy (non-hydrogen) atoms. The van der Waals surface area contributed by atoms with Gasteiger partial charge in [-0.3, -0.25) is 0 Å². The maximum atomic E-state index is 2.12. The Morgan fingerprint density at radius 3 is 1.00 bits per heavy atom. The molecule has 0 aliphatic carbocycles. The van der Waals surface area contributed by atoms with E-state index < -0.39 is 0 Å². The second kappa shape index (κ2) is 36.0. The summed E-state index contributed by atoms with van der Waals surface area (Å²) in [6.07, 6.45) is 9.96. The summed E-state index contributed by atoms with van der Waals surface area (Å²) >= 11 is 0. The van der Waals surface area contributed by atoms with Gasteiger partial charge in [-0.2, -0.15) is 58.2 Å². The Morgan fingerprint density at radius 2 is 0.944 bits per heavy atom. The van der Waals surface area contributed by atoms with Gasteiger partial charge < -0.3 is 19.3 Å². The Balaban J connectivity index is -0.0000000719. The van der Waals surface area contributed by atoms with E-state index in [9.17, 15) is 0 Å². The molecule has 110 valence electrons. The second-order valence-corrected chi connectivity index (χ2v) is 3.41. The predicted octanol–water partition coefficient (Wildman–Crippen LogP) is 6.26. The maximum Gasteiger partial charge on any atom is 4.00 e. The molecule has 1 aromatic rings. The quantitative estimate of drug-likeness (QED) is 0.495. The van der Waals surface area contributed by atoms with Gasteiger partial charge in [-0.05, 0) is 0 Å². The van der Waals surface area contributed by atoms with E-state index in [2.05, 4.69) is 60.8 Å². The van der Waals surface area contributed by atoms with Crippen LogP contribution in [-0.2, 0) is 21.1 Å².